The number of aromatic nitrogens is 4. The first kappa shape index (κ1) is 19.2. The number of ether oxygens (including phenoxy) is 1. The Morgan fingerprint density at radius 1 is 1.17 bits per heavy atom. The summed E-state index contributed by atoms with van der Waals surface area (Å²) in [6.07, 6.45) is 1.67. The first-order chi connectivity index (χ1) is 13.9. The number of aryl methyl sites for hydroxylation is 1. The summed E-state index contributed by atoms with van der Waals surface area (Å²) in [7, 11) is 1.75. The number of nitrogens with zero attached hydrogens (tertiary/aromatic N) is 4. The molecule has 0 radical (unpaired) electrons. The highest BCUT2D eigenvalue weighted by molar-refractivity contribution is 6.32. The van der Waals surface area contributed by atoms with Gasteiger partial charge in [0.05, 0.1) is 11.4 Å². The molecule has 0 atom stereocenters. The Morgan fingerprint density at radius 2 is 2.00 bits per heavy atom. The fraction of sp³-hybridized carbons (Fsp3) is 0.105. The first-order valence-corrected chi connectivity index (χ1v) is 9.18. The smallest absolute Gasteiger partial charge is 0.265 e. The van der Waals surface area contributed by atoms with Crippen LogP contribution in [0.3, 0.4) is 0 Å². The van der Waals surface area contributed by atoms with Crippen LogP contribution in [-0.4, -0.2) is 20.0 Å². The molecular weight excluding hydrogens is 420 g/mol. The number of hydrogen-bond donors (Lipinski definition) is 1. The lowest BCUT2D eigenvalue weighted by atomic mass is 10.1. The fourth-order valence-electron chi connectivity index (χ4n) is 2.74. The molecule has 7 nitrogen and oxygen atoms in total. The van der Waals surface area contributed by atoms with Crippen molar-refractivity contribution in [1.29, 1.82) is 0 Å². The van der Waals surface area contributed by atoms with E-state index in [0.717, 1.165) is 0 Å². The number of nitrogen functional groups attached to an aromatic ring is 1. The minimum absolute atomic E-state index is 0.0574. The molecule has 2 aromatic carbocycles. The minimum Gasteiger partial charge on any atom is -0.453 e. The average molecular weight is 434 g/mol. The number of nitrogens with two attached hydrogens (primary N) is 1. The van der Waals surface area contributed by atoms with Crippen molar-refractivity contribution in [3.63, 3.8) is 0 Å². The van der Waals surface area contributed by atoms with Crippen LogP contribution in [0.25, 0.3) is 11.6 Å². The van der Waals surface area contributed by atoms with Gasteiger partial charge in [0.2, 0.25) is 5.89 Å². The van der Waals surface area contributed by atoms with E-state index in [-0.39, 0.29) is 34.4 Å². The zero-order valence-corrected chi connectivity index (χ0v) is 16.6. The van der Waals surface area contributed by atoms with Gasteiger partial charge < -0.3 is 14.9 Å². The number of benzene rings is 2. The van der Waals surface area contributed by atoms with Gasteiger partial charge in [0.15, 0.2) is 11.6 Å². The van der Waals surface area contributed by atoms with Crippen molar-refractivity contribution in [2.45, 2.75) is 6.42 Å². The van der Waals surface area contributed by atoms with Crippen LogP contribution in [0.1, 0.15) is 11.5 Å². The van der Waals surface area contributed by atoms with Gasteiger partial charge in [-0.3, -0.25) is 4.68 Å². The Bertz CT molecular complexity index is 1170. The van der Waals surface area contributed by atoms with E-state index in [4.69, 9.17) is 38.1 Å². The molecule has 2 aromatic heterocycles. The maximum Gasteiger partial charge on any atom is 0.265 e. The van der Waals surface area contributed by atoms with E-state index >= 15 is 4.39 Å². The number of anilines is 1. The molecule has 0 aliphatic rings. The molecule has 2 heterocycles. The van der Waals surface area contributed by atoms with E-state index in [1.165, 1.54) is 24.3 Å². The first-order valence-electron chi connectivity index (χ1n) is 8.42. The molecule has 0 bridgehead atoms. The van der Waals surface area contributed by atoms with Crippen molar-refractivity contribution >= 4 is 28.9 Å². The second kappa shape index (κ2) is 7.73. The summed E-state index contributed by atoms with van der Waals surface area (Å²) in [5.74, 6) is 0.0124. The lowest BCUT2D eigenvalue weighted by Gasteiger charge is -2.12. The molecule has 4 rings (SSSR count). The summed E-state index contributed by atoms with van der Waals surface area (Å²) in [5, 5.41) is 12.5. The molecule has 0 saturated heterocycles. The van der Waals surface area contributed by atoms with Crippen molar-refractivity contribution in [3.05, 3.63) is 69.9 Å². The van der Waals surface area contributed by atoms with Crippen LogP contribution in [0.15, 0.2) is 47.0 Å². The highest BCUT2D eigenvalue weighted by atomic mass is 35.5. The molecule has 2 N–H and O–H groups in total. The molecule has 0 unspecified atom stereocenters. The molecule has 0 fully saturated rings. The second-order valence-electron chi connectivity index (χ2n) is 6.19. The Kier molecular flexibility index (Phi) is 5.12. The standard InChI is InChI=1S/C19H14Cl2FN5O2/c1-27-15(4-5-24-27)19-26-25-16(29-19)6-10-2-3-14(21)18(17(10)22)28-13-8-11(20)7-12(23)9-13/h2-5,7-9H,6,23H2,1H3. The lowest BCUT2D eigenvalue weighted by Crippen LogP contribution is -1.98. The monoisotopic (exact) mass is 433 g/mol. The van der Waals surface area contributed by atoms with Crippen molar-refractivity contribution in [2.75, 3.05) is 5.73 Å². The Balaban J connectivity index is 1.62. The minimum atomic E-state index is -0.642. The molecule has 0 saturated carbocycles. The van der Waals surface area contributed by atoms with Gasteiger partial charge in [-0.15, -0.1) is 10.2 Å². The van der Waals surface area contributed by atoms with Crippen LogP contribution in [0.2, 0.25) is 10.0 Å². The largest absolute Gasteiger partial charge is 0.453 e. The van der Waals surface area contributed by atoms with Crippen LogP contribution in [-0.2, 0) is 13.5 Å². The van der Waals surface area contributed by atoms with Gasteiger partial charge >= 0.3 is 0 Å². The van der Waals surface area contributed by atoms with E-state index in [9.17, 15) is 0 Å². The molecule has 0 aliphatic carbocycles. The van der Waals surface area contributed by atoms with Crippen molar-refractivity contribution in [3.8, 4) is 23.1 Å². The Labute approximate surface area is 174 Å². The highest BCUT2D eigenvalue weighted by Gasteiger charge is 2.19. The SMILES string of the molecule is Cn1nccc1-c1nnc(Cc2ccc(Cl)c(Oc3cc(N)cc(Cl)c3)c2F)o1. The van der Waals surface area contributed by atoms with E-state index in [1.807, 2.05) is 0 Å². The predicted octanol–water partition coefficient (Wildman–Crippen LogP) is 4.88. The van der Waals surface area contributed by atoms with Gasteiger partial charge in [-0.1, -0.05) is 29.3 Å². The van der Waals surface area contributed by atoms with E-state index in [0.29, 0.717) is 22.3 Å². The van der Waals surface area contributed by atoms with Gasteiger partial charge in [0.1, 0.15) is 11.4 Å². The van der Waals surface area contributed by atoms with E-state index in [2.05, 4.69) is 15.3 Å². The van der Waals surface area contributed by atoms with Gasteiger partial charge in [0, 0.05) is 35.6 Å². The summed E-state index contributed by atoms with van der Waals surface area (Å²) < 4.78 is 27.9. The topological polar surface area (TPSA) is 92.0 Å². The molecule has 0 aliphatic heterocycles. The van der Waals surface area contributed by atoms with Crippen molar-refractivity contribution in [2.24, 2.45) is 7.05 Å². The molecule has 0 amide bonds. The predicted molar refractivity (Wildman–Crippen MR) is 107 cm³/mol. The summed E-state index contributed by atoms with van der Waals surface area (Å²) in [6.45, 7) is 0. The fourth-order valence-corrected chi connectivity index (χ4v) is 3.16. The molecule has 29 heavy (non-hydrogen) atoms. The van der Waals surface area contributed by atoms with Crippen LogP contribution in [0.5, 0.6) is 11.5 Å². The zero-order valence-electron chi connectivity index (χ0n) is 15.1. The van der Waals surface area contributed by atoms with Gasteiger partial charge in [0.25, 0.3) is 5.89 Å². The van der Waals surface area contributed by atoms with Crippen LogP contribution < -0.4 is 10.5 Å². The highest BCUT2D eigenvalue weighted by Crippen LogP contribution is 2.36. The molecule has 0 spiro atoms. The Morgan fingerprint density at radius 3 is 2.72 bits per heavy atom. The van der Waals surface area contributed by atoms with Crippen LogP contribution in [0.4, 0.5) is 10.1 Å². The third-order valence-corrected chi connectivity index (χ3v) is 4.61. The molecule has 10 heteroatoms. The molecule has 4 aromatic rings. The van der Waals surface area contributed by atoms with Crippen LogP contribution >= 0.6 is 23.2 Å². The third-order valence-electron chi connectivity index (χ3n) is 4.09. The van der Waals surface area contributed by atoms with Crippen molar-refractivity contribution < 1.29 is 13.5 Å². The third kappa shape index (κ3) is 4.03. The normalized spacial score (nSPS) is 11.0. The number of hydrogen-bond acceptors (Lipinski definition) is 6. The maximum absolute atomic E-state index is 15.1. The van der Waals surface area contributed by atoms with Crippen molar-refractivity contribution in [1.82, 2.24) is 20.0 Å². The average Bonchev–Trinajstić information content (AvgIpc) is 3.29. The maximum atomic E-state index is 15.1. The Hall–Kier alpha value is -3.10. The summed E-state index contributed by atoms with van der Waals surface area (Å²) in [5.41, 5.74) is 7.07. The summed E-state index contributed by atoms with van der Waals surface area (Å²) >= 11 is 12.1. The lowest BCUT2D eigenvalue weighted by molar-refractivity contribution is 0.437. The van der Waals surface area contributed by atoms with Gasteiger partial charge in [-0.25, -0.2) is 4.39 Å². The number of halogens is 3. The molecular formula is C19H14Cl2FN5O2. The zero-order chi connectivity index (χ0) is 20.5. The quantitative estimate of drug-likeness (QED) is 0.450. The van der Waals surface area contributed by atoms with Gasteiger partial charge in [-0.2, -0.15) is 5.10 Å². The van der Waals surface area contributed by atoms with Crippen LogP contribution in [0, 0.1) is 5.82 Å². The van der Waals surface area contributed by atoms with E-state index < -0.39 is 5.82 Å². The number of rotatable bonds is 5. The summed E-state index contributed by atoms with van der Waals surface area (Å²) in [4.78, 5) is 0. The van der Waals surface area contributed by atoms with Gasteiger partial charge in [-0.05, 0) is 24.3 Å². The molecule has 148 valence electrons. The summed E-state index contributed by atoms with van der Waals surface area (Å²) in [6, 6.07) is 9.39. The second-order valence-corrected chi connectivity index (χ2v) is 7.03. The van der Waals surface area contributed by atoms with E-state index in [1.54, 1.807) is 30.1 Å².